The van der Waals surface area contributed by atoms with Crippen molar-refractivity contribution in [2.45, 2.75) is 45.9 Å². The summed E-state index contributed by atoms with van der Waals surface area (Å²) in [5.74, 6) is 1.03. The summed E-state index contributed by atoms with van der Waals surface area (Å²) >= 11 is 0. The molecule has 0 aromatic heterocycles. The number of likely N-dealkylation sites (N-methyl/N-ethyl adjacent to an activating group) is 1. The molecule has 1 aromatic rings. The molecule has 2 saturated heterocycles. The van der Waals surface area contributed by atoms with Crippen molar-refractivity contribution in [1.82, 2.24) is 20.0 Å². The second kappa shape index (κ2) is 11.5. The molecule has 0 unspecified atom stereocenters. The Morgan fingerprint density at radius 1 is 1.00 bits per heavy atom. The lowest BCUT2D eigenvalue weighted by Crippen LogP contribution is -2.47. The fourth-order valence-electron chi connectivity index (χ4n) is 4.08. The molecule has 0 amide bonds. The van der Waals surface area contributed by atoms with Crippen LogP contribution in [0.2, 0.25) is 0 Å². The monoisotopic (exact) mass is 401 g/mol. The molecule has 2 fully saturated rings. The second-order valence-electron chi connectivity index (χ2n) is 8.21. The van der Waals surface area contributed by atoms with E-state index in [1.807, 2.05) is 0 Å². The minimum atomic E-state index is 0.409. The fourth-order valence-corrected chi connectivity index (χ4v) is 4.08. The Bertz CT molecular complexity index is 617. The number of hydrogen-bond acceptors (Lipinski definition) is 4. The third kappa shape index (κ3) is 6.98. The Kier molecular flexibility index (Phi) is 8.77. The van der Waals surface area contributed by atoms with Gasteiger partial charge in [-0.25, -0.2) is 4.99 Å². The first-order chi connectivity index (χ1) is 14.2. The molecule has 0 bridgehead atoms. The van der Waals surface area contributed by atoms with Gasteiger partial charge in [0.1, 0.15) is 0 Å². The SMILES string of the molecule is CCNC(=NCc1ccc(CN2CCN(C)CC2)cc1)N1CCC(OCC)CC1. The molecule has 0 atom stereocenters. The van der Waals surface area contributed by atoms with E-state index in [-0.39, 0.29) is 0 Å². The molecule has 1 N–H and O–H groups in total. The number of rotatable bonds is 7. The number of aliphatic imine (C=N–C) groups is 1. The average molecular weight is 402 g/mol. The van der Waals surface area contributed by atoms with Crippen LogP contribution in [-0.4, -0.2) is 86.2 Å². The van der Waals surface area contributed by atoms with E-state index < -0.39 is 0 Å². The van der Waals surface area contributed by atoms with Gasteiger partial charge in [-0.05, 0) is 44.9 Å². The van der Waals surface area contributed by atoms with Crippen LogP contribution in [0.25, 0.3) is 0 Å². The number of nitrogens with one attached hydrogen (secondary N) is 1. The van der Waals surface area contributed by atoms with Gasteiger partial charge in [-0.3, -0.25) is 4.90 Å². The quantitative estimate of drug-likeness (QED) is 0.561. The summed E-state index contributed by atoms with van der Waals surface area (Å²) in [5, 5.41) is 3.46. The van der Waals surface area contributed by atoms with Gasteiger partial charge in [-0.1, -0.05) is 24.3 Å². The van der Waals surface area contributed by atoms with Crippen LogP contribution in [0.5, 0.6) is 0 Å². The summed E-state index contributed by atoms with van der Waals surface area (Å²) in [6.07, 6.45) is 2.57. The lowest BCUT2D eigenvalue weighted by Gasteiger charge is -2.34. The highest BCUT2D eigenvalue weighted by atomic mass is 16.5. The minimum absolute atomic E-state index is 0.409. The highest BCUT2D eigenvalue weighted by molar-refractivity contribution is 5.80. The molecule has 2 aliphatic rings. The molecule has 2 heterocycles. The van der Waals surface area contributed by atoms with E-state index in [4.69, 9.17) is 9.73 Å². The number of likely N-dealkylation sites (tertiary alicyclic amines) is 1. The number of ether oxygens (including phenoxy) is 1. The molecule has 29 heavy (non-hydrogen) atoms. The molecule has 0 spiro atoms. The summed E-state index contributed by atoms with van der Waals surface area (Å²) in [4.78, 5) is 12.2. The molecule has 0 saturated carbocycles. The molecule has 6 heteroatoms. The van der Waals surface area contributed by atoms with Gasteiger partial charge in [0.2, 0.25) is 0 Å². The standard InChI is InChI=1S/C23H39N5O/c1-4-24-23(28-12-10-22(11-13-28)29-5-2)25-18-20-6-8-21(9-7-20)19-27-16-14-26(3)15-17-27/h6-9,22H,4-5,10-19H2,1-3H3,(H,24,25). The van der Waals surface area contributed by atoms with Crippen LogP contribution in [0.3, 0.4) is 0 Å². The average Bonchev–Trinajstić information content (AvgIpc) is 2.75. The third-order valence-electron chi connectivity index (χ3n) is 5.92. The van der Waals surface area contributed by atoms with Crippen LogP contribution in [0.4, 0.5) is 0 Å². The smallest absolute Gasteiger partial charge is 0.194 e. The highest BCUT2D eigenvalue weighted by Gasteiger charge is 2.21. The minimum Gasteiger partial charge on any atom is -0.378 e. The molecule has 0 radical (unpaired) electrons. The topological polar surface area (TPSA) is 43.3 Å². The zero-order valence-electron chi connectivity index (χ0n) is 18.6. The Morgan fingerprint density at radius 2 is 1.66 bits per heavy atom. The first-order valence-corrected chi connectivity index (χ1v) is 11.3. The van der Waals surface area contributed by atoms with E-state index >= 15 is 0 Å². The van der Waals surface area contributed by atoms with Crippen molar-refractivity contribution in [3.05, 3.63) is 35.4 Å². The zero-order valence-corrected chi connectivity index (χ0v) is 18.6. The molecule has 0 aliphatic carbocycles. The van der Waals surface area contributed by atoms with Crippen molar-refractivity contribution in [1.29, 1.82) is 0 Å². The number of piperazine rings is 1. The van der Waals surface area contributed by atoms with E-state index in [0.29, 0.717) is 6.10 Å². The van der Waals surface area contributed by atoms with Gasteiger partial charge in [0.05, 0.1) is 12.6 Å². The van der Waals surface area contributed by atoms with E-state index in [9.17, 15) is 0 Å². The molecule has 3 rings (SSSR count). The maximum absolute atomic E-state index is 5.78. The summed E-state index contributed by atoms with van der Waals surface area (Å²) < 4.78 is 5.78. The van der Waals surface area contributed by atoms with Crippen molar-refractivity contribution < 1.29 is 4.74 Å². The highest BCUT2D eigenvalue weighted by Crippen LogP contribution is 2.15. The number of piperidine rings is 1. The van der Waals surface area contributed by atoms with Crippen LogP contribution in [0, 0.1) is 0 Å². The fraction of sp³-hybridized carbons (Fsp3) is 0.696. The molecule has 1 aromatic carbocycles. The van der Waals surface area contributed by atoms with Crippen LogP contribution in [0.1, 0.15) is 37.8 Å². The van der Waals surface area contributed by atoms with Gasteiger partial charge >= 0.3 is 0 Å². The first-order valence-electron chi connectivity index (χ1n) is 11.3. The van der Waals surface area contributed by atoms with E-state index in [1.54, 1.807) is 0 Å². The van der Waals surface area contributed by atoms with Crippen molar-refractivity contribution in [2.75, 3.05) is 59.5 Å². The van der Waals surface area contributed by atoms with Crippen molar-refractivity contribution in [3.8, 4) is 0 Å². The van der Waals surface area contributed by atoms with E-state index in [2.05, 4.69) is 65.2 Å². The van der Waals surface area contributed by atoms with Gasteiger partial charge < -0.3 is 19.9 Å². The Morgan fingerprint density at radius 3 is 2.28 bits per heavy atom. The summed E-state index contributed by atoms with van der Waals surface area (Å²) in [6.45, 7) is 14.4. The predicted octanol–water partition coefficient (Wildman–Crippen LogP) is 2.40. The normalized spacial score (nSPS) is 20.2. The summed E-state index contributed by atoms with van der Waals surface area (Å²) in [6, 6.07) is 9.01. The first kappa shape index (κ1) is 22.1. The number of nitrogens with zero attached hydrogens (tertiary/aromatic N) is 4. The maximum atomic E-state index is 5.78. The van der Waals surface area contributed by atoms with E-state index in [1.165, 1.54) is 24.2 Å². The van der Waals surface area contributed by atoms with Crippen molar-refractivity contribution in [3.63, 3.8) is 0 Å². The number of benzene rings is 1. The molecule has 6 nitrogen and oxygen atoms in total. The van der Waals surface area contributed by atoms with Crippen LogP contribution in [-0.2, 0) is 17.8 Å². The Hall–Kier alpha value is -1.63. The molecule has 162 valence electrons. The van der Waals surface area contributed by atoms with Crippen molar-refractivity contribution >= 4 is 5.96 Å². The Balaban J connectivity index is 1.51. The van der Waals surface area contributed by atoms with Gasteiger partial charge in [0.15, 0.2) is 5.96 Å². The third-order valence-corrected chi connectivity index (χ3v) is 5.92. The van der Waals surface area contributed by atoms with E-state index in [0.717, 1.165) is 71.2 Å². The number of hydrogen-bond donors (Lipinski definition) is 1. The van der Waals surface area contributed by atoms with Gasteiger partial charge in [-0.2, -0.15) is 0 Å². The Labute approximate surface area is 176 Å². The lowest BCUT2D eigenvalue weighted by molar-refractivity contribution is 0.0263. The van der Waals surface area contributed by atoms with Crippen LogP contribution >= 0.6 is 0 Å². The van der Waals surface area contributed by atoms with Gasteiger partial charge in [0.25, 0.3) is 0 Å². The van der Waals surface area contributed by atoms with Gasteiger partial charge in [-0.15, -0.1) is 0 Å². The van der Waals surface area contributed by atoms with Crippen LogP contribution in [0.15, 0.2) is 29.3 Å². The zero-order chi connectivity index (χ0) is 20.5. The summed E-state index contributed by atoms with van der Waals surface area (Å²) in [7, 11) is 2.20. The molecular formula is C23H39N5O. The summed E-state index contributed by atoms with van der Waals surface area (Å²) in [5.41, 5.74) is 2.67. The largest absolute Gasteiger partial charge is 0.378 e. The van der Waals surface area contributed by atoms with Gasteiger partial charge in [0, 0.05) is 59.0 Å². The maximum Gasteiger partial charge on any atom is 0.194 e. The number of guanidine groups is 1. The molecule has 2 aliphatic heterocycles. The predicted molar refractivity (Wildman–Crippen MR) is 120 cm³/mol. The van der Waals surface area contributed by atoms with Crippen molar-refractivity contribution in [2.24, 2.45) is 4.99 Å². The van der Waals surface area contributed by atoms with Crippen LogP contribution < -0.4 is 5.32 Å². The second-order valence-corrected chi connectivity index (χ2v) is 8.21. The lowest BCUT2D eigenvalue weighted by atomic mass is 10.1. The molecular weight excluding hydrogens is 362 g/mol.